The van der Waals surface area contributed by atoms with Gasteiger partial charge in [-0.3, -0.25) is 0 Å². The zero-order valence-electron chi connectivity index (χ0n) is 6.49. The van der Waals surface area contributed by atoms with E-state index in [2.05, 4.69) is 12.1 Å². The van der Waals surface area contributed by atoms with Crippen molar-refractivity contribution in [3.05, 3.63) is 37.5 Å². The summed E-state index contributed by atoms with van der Waals surface area (Å²) in [7, 11) is 3.71. The Morgan fingerprint density at radius 1 is 1.27 bits per heavy atom. The molecule has 3 heteroatoms. The van der Waals surface area contributed by atoms with E-state index in [1.807, 2.05) is 30.5 Å². The van der Waals surface area contributed by atoms with E-state index in [1.54, 1.807) is 4.68 Å². The van der Waals surface area contributed by atoms with E-state index < -0.39 is 0 Å². The van der Waals surface area contributed by atoms with Crippen LogP contribution in [-0.2, 0) is 0 Å². The first-order valence-corrected chi connectivity index (χ1v) is 3.11. The van der Waals surface area contributed by atoms with Gasteiger partial charge in [-0.05, 0) is 0 Å². The second-order valence-electron chi connectivity index (χ2n) is 2.20. The van der Waals surface area contributed by atoms with Gasteiger partial charge in [-0.25, -0.2) is 5.10 Å². The van der Waals surface area contributed by atoms with Crippen LogP contribution in [0.4, 0.5) is 0 Å². The van der Waals surface area contributed by atoms with Gasteiger partial charge >= 0.3 is 18.9 Å². The fourth-order valence-electron chi connectivity index (χ4n) is 1.03. The average molecular weight is 138 g/mol. The summed E-state index contributed by atoms with van der Waals surface area (Å²) in [5.41, 5.74) is 1.07. The number of para-hydroxylation sites is 1. The van der Waals surface area contributed by atoms with Gasteiger partial charge in [0.05, 0.1) is 0 Å². The molecular weight excluding hydrogens is 131 g/mol. The molecule has 0 bridgehead atoms. The van der Waals surface area contributed by atoms with Crippen molar-refractivity contribution in [3.8, 4) is 0 Å². The third-order valence-electron chi connectivity index (χ3n) is 1.55. The molecule has 2 nitrogen and oxygen atoms in total. The molecule has 0 radical (unpaired) electrons. The first-order valence-electron chi connectivity index (χ1n) is 3.11. The van der Waals surface area contributed by atoms with Crippen LogP contribution in [0, 0.1) is 7.05 Å². The number of rotatable bonds is 0. The molecule has 1 aromatic heterocycles. The molecule has 1 heterocycles. The predicted molar refractivity (Wildman–Crippen MR) is 40.5 cm³/mol. The molecule has 0 fully saturated rings. The van der Waals surface area contributed by atoms with E-state index in [4.69, 9.17) is 0 Å². The van der Waals surface area contributed by atoms with Gasteiger partial charge in [-0.15, -0.1) is 6.07 Å². The normalized spacial score (nSPS) is 9.45. The molecule has 0 atom stereocenters. The second kappa shape index (κ2) is 3.04. The predicted octanol–water partition coefficient (Wildman–Crippen LogP) is -1.32. The van der Waals surface area contributed by atoms with E-state index in [0.717, 1.165) is 10.9 Å². The number of benzene rings is 1. The van der Waals surface area contributed by atoms with Gasteiger partial charge in [0.1, 0.15) is 0 Å². The fraction of sp³-hybridized carbons (Fsp3) is 0. The van der Waals surface area contributed by atoms with Gasteiger partial charge in [-0.2, -0.15) is 7.05 Å². The molecule has 2 aromatic rings. The molecule has 0 aliphatic heterocycles. The fourth-order valence-corrected chi connectivity index (χ4v) is 1.03. The summed E-state index contributed by atoms with van der Waals surface area (Å²) in [6.45, 7) is 0. The van der Waals surface area contributed by atoms with Gasteiger partial charge in [0.2, 0.25) is 0 Å². The Hall–Kier alpha value is -0.843. The Bertz CT molecular complexity index is 354. The van der Waals surface area contributed by atoms with Crippen molar-refractivity contribution < 1.29 is 18.9 Å². The summed E-state index contributed by atoms with van der Waals surface area (Å²) in [6, 6.07) is 7.98. The van der Waals surface area contributed by atoms with E-state index in [-0.39, 0.29) is 18.9 Å². The summed E-state index contributed by atoms with van der Waals surface area (Å²) >= 11 is 0. The minimum absolute atomic E-state index is 0. The van der Waals surface area contributed by atoms with Crippen LogP contribution in [0.3, 0.4) is 0 Å². The maximum absolute atomic E-state index is 4.00. The van der Waals surface area contributed by atoms with Crippen LogP contribution >= 0.6 is 0 Å². The van der Waals surface area contributed by atoms with Gasteiger partial charge < -0.3 is 4.68 Å². The first-order chi connectivity index (χ1) is 4.88. The zero-order valence-corrected chi connectivity index (χ0v) is 6.49. The molecule has 0 spiro atoms. The van der Waals surface area contributed by atoms with Crippen LogP contribution in [-0.4, -0.2) is 9.78 Å². The van der Waals surface area contributed by atoms with E-state index in [1.165, 1.54) is 0 Å². The number of hydrogen-bond acceptors (Lipinski definition) is 1. The Balaban J connectivity index is 0.000000605. The molecule has 1 aromatic carbocycles. The molecule has 0 saturated heterocycles. The van der Waals surface area contributed by atoms with Gasteiger partial charge in [0.25, 0.3) is 0 Å². The number of fused-ring (bicyclic) bond motifs is 1. The largest absolute Gasteiger partial charge is 1.00 e. The molecule has 0 saturated carbocycles. The third kappa shape index (κ3) is 1.28. The molecule has 0 aliphatic rings. The number of nitrogens with zero attached hydrogens (tertiary/aromatic N) is 2. The van der Waals surface area contributed by atoms with Crippen molar-refractivity contribution in [1.82, 2.24) is 9.78 Å². The molecule has 2 rings (SSSR count). The van der Waals surface area contributed by atoms with Crippen LogP contribution in [0.1, 0.15) is 0 Å². The van der Waals surface area contributed by atoms with E-state index in [0.29, 0.717) is 0 Å². The Labute approximate surface area is 77.4 Å². The maximum Gasteiger partial charge on any atom is 1.00 e. The van der Waals surface area contributed by atoms with Gasteiger partial charge in [0, 0.05) is 6.20 Å². The summed E-state index contributed by atoms with van der Waals surface area (Å²) < 4.78 is 1.62. The third-order valence-corrected chi connectivity index (χ3v) is 1.55. The van der Waals surface area contributed by atoms with Crippen LogP contribution in [0.15, 0.2) is 30.5 Å². The SMILES string of the molecule is [CH2-]n1ncc2ccccc21.[Li+]. The number of aromatic nitrogens is 2. The van der Waals surface area contributed by atoms with Crippen molar-refractivity contribution in [3.63, 3.8) is 0 Å². The minimum atomic E-state index is 0. The zero-order chi connectivity index (χ0) is 6.97. The van der Waals surface area contributed by atoms with Gasteiger partial charge in [-0.1, -0.05) is 29.1 Å². The van der Waals surface area contributed by atoms with E-state index in [9.17, 15) is 0 Å². The molecule has 50 valence electrons. The van der Waals surface area contributed by atoms with Crippen LogP contribution < -0.4 is 18.9 Å². The Morgan fingerprint density at radius 3 is 2.73 bits per heavy atom. The molecular formula is C8H7LiN2. The van der Waals surface area contributed by atoms with Crippen LogP contribution in [0.25, 0.3) is 10.9 Å². The van der Waals surface area contributed by atoms with Crippen molar-refractivity contribution >= 4 is 10.9 Å². The van der Waals surface area contributed by atoms with E-state index >= 15 is 0 Å². The van der Waals surface area contributed by atoms with Crippen molar-refractivity contribution in [2.45, 2.75) is 0 Å². The summed E-state index contributed by atoms with van der Waals surface area (Å²) in [6.07, 6.45) is 1.81. The number of hydrogen-bond donors (Lipinski definition) is 0. The average Bonchev–Trinajstić information content (AvgIpc) is 2.34. The van der Waals surface area contributed by atoms with Crippen molar-refractivity contribution in [1.29, 1.82) is 0 Å². The molecule has 0 aliphatic carbocycles. The topological polar surface area (TPSA) is 17.8 Å². The van der Waals surface area contributed by atoms with Crippen LogP contribution in [0.2, 0.25) is 0 Å². The smallest absolute Gasteiger partial charge is 0.401 e. The van der Waals surface area contributed by atoms with Gasteiger partial charge in [0.15, 0.2) is 0 Å². The minimum Gasteiger partial charge on any atom is -0.401 e. The molecule has 0 N–H and O–H groups in total. The molecule has 0 unspecified atom stereocenters. The van der Waals surface area contributed by atoms with Crippen LogP contribution in [0.5, 0.6) is 0 Å². The molecule has 0 amide bonds. The Kier molecular flexibility index (Phi) is 2.28. The maximum atomic E-state index is 4.00. The Morgan fingerprint density at radius 2 is 2.00 bits per heavy atom. The standard InChI is InChI=1S/C8H7N2.Li/c1-10-8-5-3-2-4-7(8)6-9-10;/h2-6H,1H2;/q-1;+1. The molecule has 11 heavy (non-hydrogen) atoms. The quantitative estimate of drug-likeness (QED) is 0.326. The first kappa shape index (κ1) is 8.26. The summed E-state index contributed by atoms with van der Waals surface area (Å²) in [5.74, 6) is 0. The summed E-state index contributed by atoms with van der Waals surface area (Å²) in [4.78, 5) is 0. The monoisotopic (exact) mass is 138 g/mol. The van der Waals surface area contributed by atoms with Crippen molar-refractivity contribution in [2.24, 2.45) is 0 Å². The second-order valence-corrected chi connectivity index (χ2v) is 2.20. The summed E-state index contributed by atoms with van der Waals surface area (Å²) in [5, 5.41) is 5.14. The van der Waals surface area contributed by atoms with Crippen molar-refractivity contribution in [2.75, 3.05) is 0 Å².